The number of carbonyl (C=O) groups is 3. The fraction of sp³-hybridized carbons (Fsp3) is 0.333. The molecule has 2 aromatic carbocycles. The lowest BCUT2D eigenvalue weighted by molar-refractivity contribution is -0.384. The second-order valence-electron chi connectivity index (χ2n) is 9.09. The van der Waals surface area contributed by atoms with Crippen molar-refractivity contribution >= 4 is 34.9 Å². The van der Waals surface area contributed by atoms with Gasteiger partial charge in [0.2, 0.25) is 11.8 Å². The van der Waals surface area contributed by atoms with Gasteiger partial charge in [-0.1, -0.05) is 17.3 Å². The topological polar surface area (TPSA) is 128 Å². The second-order valence-corrected chi connectivity index (χ2v) is 9.09. The van der Waals surface area contributed by atoms with Crippen molar-refractivity contribution in [1.82, 2.24) is 0 Å². The van der Waals surface area contributed by atoms with E-state index in [-0.39, 0.29) is 41.4 Å². The lowest BCUT2D eigenvalue weighted by Crippen LogP contribution is -2.41. The zero-order chi connectivity index (χ0) is 23.7. The van der Waals surface area contributed by atoms with Crippen LogP contribution < -0.4 is 9.64 Å². The molecule has 10 heteroatoms. The third-order valence-electron chi connectivity index (χ3n) is 7.40. The number of imide groups is 1. The number of benzene rings is 2. The van der Waals surface area contributed by atoms with E-state index in [0.29, 0.717) is 29.1 Å². The van der Waals surface area contributed by atoms with Crippen LogP contribution in [-0.2, 0) is 19.2 Å². The average Bonchev–Trinajstić information content (AvgIpc) is 3.54. The number of hydrogen-bond donors (Lipinski definition) is 0. The molecule has 2 aromatic rings. The highest BCUT2D eigenvalue weighted by atomic mass is 16.6. The summed E-state index contributed by atoms with van der Waals surface area (Å²) in [6.07, 6.45) is 0.346. The lowest BCUT2D eigenvalue weighted by Gasteiger charge is -2.29. The van der Waals surface area contributed by atoms with Gasteiger partial charge in [0.15, 0.2) is 0 Å². The van der Waals surface area contributed by atoms with Crippen molar-refractivity contribution in [3.8, 4) is 5.75 Å². The Morgan fingerprint density at radius 1 is 1.09 bits per heavy atom. The summed E-state index contributed by atoms with van der Waals surface area (Å²) in [6.45, 7) is 1.29. The number of anilines is 1. The summed E-state index contributed by atoms with van der Waals surface area (Å²) in [5.74, 6) is -2.10. The van der Waals surface area contributed by atoms with E-state index in [1.807, 2.05) is 0 Å². The van der Waals surface area contributed by atoms with E-state index in [1.165, 1.54) is 24.0 Å². The molecule has 3 fully saturated rings. The van der Waals surface area contributed by atoms with Crippen LogP contribution in [0.2, 0.25) is 0 Å². The Kier molecular flexibility index (Phi) is 4.35. The smallest absolute Gasteiger partial charge is 0.308 e. The van der Waals surface area contributed by atoms with E-state index < -0.39 is 22.7 Å². The molecule has 0 N–H and O–H groups in total. The maximum absolute atomic E-state index is 13.5. The molecule has 6 rings (SSSR count). The van der Waals surface area contributed by atoms with Crippen molar-refractivity contribution in [3.63, 3.8) is 0 Å². The zero-order valence-electron chi connectivity index (χ0n) is 18.0. The van der Waals surface area contributed by atoms with Crippen LogP contribution >= 0.6 is 0 Å². The maximum Gasteiger partial charge on any atom is 0.308 e. The molecule has 0 aromatic heterocycles. The predicted octanol–water partition coefficient (Wildman–Crippen LogP) is 2.69. The molecule has 0 radical (unpaired) electrons. The molecular weight excluding hydrogens is 442 g/mol. The van der Waals surface area contributed by atoms with Crippen molar-refractivity contribution in [2.75, 3.05) is 4.90 Å². The van der Waals surface area contributed by atoms with Crippen molar-refractivity contribution in [2.24, 2.45) is 34.7 Å². The Balaban J connectivity index is 1.29. The summed E-state index contributed by atoms with van der Waals surface area (Å²) in [7, 11) is 0. The average molecular weight is 461 g/mol. The maximum atomic E-state index is 13.5. The quantitative estimate of drug-likeness (QED) is 0.225. The third-order valence-corrected chi connectivity index (χ3v) is 7.40. The van der Waals surface area contributed by atoms with Crippen LogP contribution in [0.15, 0.2) is 53.7 Å². The Hall–Kier alpha value is -4.08. The number of rotatable bonds is 4. The van der Waals surface area contributed by atoms with Gasteiger partial charge in [0.05, 0.1) is 28.2 Å². The molecule has 34 heavy (non-hydrogen) atoms. The number of nitro groups is 1. The van der Waals surface area contributed by atoms with Gasteiger partial charge < -0.3 is 9.57 Å². The minimum Gasteiger partial charge on any atom is -0.427 e. The van der Waals surface area contributed by atoms with E-state index in [2.05, 4.69) is 5.16 Å². The van der Waals surface area contributed by atoms with Gasteiger partial charge >= 0.3 is 5.97 Å². The predicted molar refractivity (Wildman–Crippen MR) is 117 cm³/mol. The summed E-state index contributed by atoms with van der Waals surface area (Å²) >= 11 is 0. The van der Waals surface area contributed by atoms with E-state index in [9.17, 15) is 24.5 Å². The molecule has 4 aliphatic rings. The van der Waals surface area contributed by atoms with E-state index in [4.69, 9.17) is 9.57 Å². The number of amides is 2. The number of nitrogens with zero attached hydrogens (tertiary/aromatic N) is 3. The summed E-state index contributed by atoms with van der Waals surface area (Å²) in [5.41, 5.74) is 1.59. The Bertz CT molecular complexity index is 1290. The van der Waals surface area contributed by atoms with Gasteiger partial charge in [0.25, 0.3) is 5.69 Å². The molecule has 2 aliphatic carbocycles. The van der Waals surface area contributed by atoms with Crippen molar-refractivity contribution in [3.05, 3.63) is 64.2 Å². The first kappa shape index (κ1) is 20.5. The van der Waals surface area contributed by atoms with Gasteiger partial charge in [-0.3, -0.25) is 29.4 Å². The minimum absolute atomic E-state index is 0.0415. The molecule has 2 saturated carbocycles. The SMILES string of the molecule is CC(=O)Oc1ccc(N2C(=O)[C@@H]3[C@H]4C[C@H]([C@@H]5ON=C(c6cccc([N+](=O)[O-])c6)[C@H]45)[C@@H]3C2=O)cc1. The van der Waals surface area contributed by atoms with Gasteiger partial charge in [-0.2, -0.15) is 0 Å². The Morgan fingerprint density at radius 3 is 2.47 bits per heavy atom. The highest BCUT2D eigenvalue weighted by Gasteiger charge is 2.70. The minimum atomic E-state index is -0.488. The van der Waals surface area contributed by atoms with Crippen molar-refractivity contribution in [2.45, 2.75) is 19.4 Å². The van der Waals surface area contributed by atoms with Crippen LogP contribution in [0.25, 0.3) is 0 Å². The molecule has 10 nitrogen and oxygen atoms in total. The van der Waals surface area contributed by atoms with E-state index in [0.717, 1.165) is 0 Å². The zero-order valence-corrected chi connectivity index (χ0v) is 18.0. The van der Waals surface area contributed by atoms with E-state index >= 15 is 0 Å². The summed E-state index contributed by atoms with van der Waals surface area (Å²) < 4.78 is 5.03. The molecule has 2 heterocycles. The highest BCUT2D eigenvalue weighted by molar-refractivity contribution is 6.23. The monoisotopic (exact) mass is 461 g/mol. The van der Waals surface area contributed by atoms with Gasteiger partial charge in [-0.15, -0.1) is 0 Å². The Labute approximate surface area is 193 Å². The highest BCUT2D eigenvalue weighted by Crippen LogP contribution is 2.62. The summed E-state index contributed by atoms with van der Waals surface area (Å²) in [5, 5.41) is 15.5. The lowest BCUT2D eigenvalue weighted by atomic mass is 9.71. The van der Waals surface area contributed by atoms with Crippen molar-refractivity contribution < 1.29 is 28.9 Å². The first-order chi connectivity index (χ1) is 16.3. The first-order valence-corrected chi connectivity index (χ1v) is 11.0. The van der Waals surface area contributed by atoms with Crippen LogP contribution in [0, 0.1) is 39.7 Å². The molecule has 1 saturated heterocycles. The van der Waals surface area contributed by atoms with Gasteiger partial charge in [0.1, 0.15) is 11.9 Å². The summed E-state index contributed by atoms with van der Waals surface area (Å²) in [4.78, 5) is 55.7. The van der Waals surface area contributed by atoms with Crippen LogP contribution in [0.1, 0.15) is 18.9 Å². The van der Waals surface area contributed by atoms with Crippen LogP contribution in [0.3, 0.4) is 0 Å². The first-order valence-electron chi connectivity index (χ1n) is 11.0. The van der Waals surface area contributed by atoms with E-state index in [1.54, 1.807) is 36.4 Å². The molecule has 0 unspecified atom stereocenters. The molecular formula is C24H19N3O7. The van der Waals surface area contributed by atoms with Crippen LogP contribution in [0.5, 0.6) is 5.75 Å². The number of oxime groups is 1. The van der Waals surface area contributed by atoms with Crippen molar-refractivity contribution in [1.29, 1.82) is 0 Å². The number of esters is 1. The molecule has 2 aliphatic heterocycles. The van der Waals surface area contributed by atoms with Crippen LogP contribution in [-0.4, -0.2) is 34.5 Å². The second kappa shape index (κ2) is 7.21. The standard InChI is InChI=1S/C24H19N3O7/c1-11(28)33-15-7-5-13(6-8-15)26-23(29)18-16-10-17(19(18)24(26)30)22-20(16)21(25-34-22)12-3-2-4-14(9-12)27(31)32/h2-9,16-20,22H,10H2,1H3/t16-,17+,18-,19+,20+,22+/m1/s1. The fourth-order valence-electron chi connectivity index (χ4n) is 6.23. The molecule has 2 amide bonds. The van der Waals surface area contributed by atoms with Gasteiger partial charge in [0, 0.05) is 36.5 Å². The van der Waals surface area contributed by atoms with Gasteiger partial charge in [-0.05, 0) is 36.6 Å². The van der Waals surface area contributed by atoms with Crippen LogP contribution in [0.4, 0.5) is 11.4 Å². The molecule has 0 spiro atoms. The number of hydrogen-bond acceptors (Lipinski definition) is 8. The van der Waals surface area contributed by atoms with Gasteiger partial charge in [-0.25, -0.2) is 0 Å². The number of non-ortho nitro benzene ring substituents is 1. The number of nitro benzene ring substituents is 1. The Morgan fingerprint density at radius 2 is 1.79 bits per heavy atom. The number of ether oxygens (including phenoxy) is 1. The molecule has 172 valence electrons. The summed E-state index contributed by atoms with van der Waals surface area (Å²) in [6, 6.07) is 12.5. The fourth-order valence-corrected chi connectivity index (χ4v) is 6.23. The number of fused-ring (bicyclic) bond motifs is 8. The molecule has 6 atom stereocenters. The normalized spacial score (nSPS) is 30.6. The largest absolute Gasteiger partial charge is 0.427 e. The number of carbonyl (C=O) groups excluding carboxylic acids is 3. The third kappa shape index (κ3) is 2.81. The molecule has 2 bridgehead atoms.